The van der Waals surface area contributed by atoms with Gasteiger partial charge in [0.25, 0.3) is 5.91 Å². The van der Waals surface area contributed by atoms with Crippen LogP contribution in [0.1, 0.15) is 22.2 Å². The molecule has 0 bridgehead atoms. The molecule has 24 heavy (non-hydrogen) atoms. The van der Waals surface area contributed by atoms with Crippen molar-refractivity contribution in [2.75, 3.05) is 13.2 Å². The van der Waals surface area contributed by atoms with Crippen LogP contribution >= 0.6 is 27.3 Å². The number of hydrogen-bond acceptors (Lipinski definition) is 4. The molecular formula is C17H19BrN2O3S. The third-order valence-corrected chi connectivity index (χ3v) is 4.82. The number of aryl methyl sites for hydroxylation is 1. The maximum Gasteiger partial charge on any atom is 0.262 e. The van der Waals surface area contributed by atoms with Gasteiger partial charge < -0.3 is 15.4 Å². The molecule has 0 radical (unpaired) electrons. The van der Waals surface area contributed by atoms with Crippen molar-refractivity contribution in [3.05, 3.63) is 50.6 Å². The van der Waals surface area contributed by atoms with Crippen LogP contribution in [-0.2, 0) is 4.79 Å². The number of carbonyl (C=O) groups is 2. The highest BCUT2D eigenvalue weighted by Crippen LogP contribution is 2.21. The predicted molar refractivity (Wildman–Crippen MR) is 98.6 cm³/mol. The molecule has 2 amide bonds. The first-order valence-electron chi connectivity index (χ1n) is 7.49. The standard InChI is InChI=1S/C17H19BrN2O3S/c1-11-4-3-5-13(10-11)23-9-8-19-16(21)12(2)20-17(22)14-6-7-15(18)24-14/h3-7,10,12H,8-9H2,1-2H3,(H,19,21)(H,20,22). The summed E-state index contributed by atoms with van der Waals surface area (Å²) >= 11 is 4.63. The van der Waals surface area contributed by atoms with Crippen molar-refractivity contribution in [3.8, 4) is 5.75 Å². The van der Waals surface area contributed by atoms with Gasteiger partial charge in [0, 0.05) is 0 Å². The molecule has 128 valence electrons. The number of halogens is 1. The largest absolute Gasteiger partial charge is 0.492 e. The molecule has 0 aliphatic carbocycles. The minimum atomic E-state index is -0.614. The molecule has 0 saturated carbocycles. The zero-order valence-electron chi connectivity index (χ0n) is 13.5. The minimum absolute atomic E-state index is 0.244. The van der Waals surface area contributed by atoms with Crippen molar-refractivity contribution in [1.29, 1.82) is 0 Å². The second-order valence-corrected chi connectivity index (χ2v) is 7.72. The molecule has 2 N–H and O–H groups in total. The van der Waals surface area contributed by atoms with Crippen LogP contribution in [-0.4, -0.2) is 31.0 Å². The first-order chi connectivity index (χ1) is 11.5. The van der Waals surface area contributed by atoms with Crippen LogP contribution in [0.25, 0.3) is 0 Å². The van der Waals surface area contributed by atoms with Crippen LogP contribution in [0, 0.1) is 6.92 Å². The summed E-state index contributed by atoms with van der Waals surface area (Å²) in [6.45, 7) is 4.38. The summed E-state index contributed by atoms with van der Waals surface area (Å²) in [7, 11) is 0. The number of rotatable bonds is 7. The summed E-state index contributed by atoms with van der Waals surface area (Å²) in [6.07, 6.45) is 0. The summed E-state index contributed by atoms with van der Waals surface area (Å²) in [4.78, 5) is 24.5. The first-order valence-corrected chi connectivity index (χ1v) is 9.10. The van der Waals surface area contributed by atoms with Crippen LogP contribution in [0.5, 0.6) is 5.75 Å². The van der Waals surface area contributed by atoms with E-state index >= 15 is 0 Å². The number of ether oxygens (including phenoxy) is 1. The lowest BCUT2D eigenvalue weighted by Crippen LogP contribution is -2.45. The number of benzene rings is 1. The van der Waals surface area contributed by atoms with Crippen molar-refractivity contribution in [3.63, 3.8) is 0 Å². The Labute approximate surface area is 153 Å². The minimum Gasteiger partial charge on any atom is -0.492 e. The van der Waals surface area contributed by atoms with E-state index in [9.17, 15) is 9.59 Å². The van der Waals surface area contributed by atoms with E-state index in [1.54, 1.807) is 19.1 Å². The molecule has 0 aliphatic heterocycles. The zero-order chi connectivity index (χ0) is 17.5. The van der Waals surface area contributed by atoms with E-state index in [0.717, 1.165) is 15.1 Å². The predicted octanol–water partition coefficient (Wildman–Crippen LogP) is 3.13. The first kappa shape index (κ1) is 18.5. The molecule has 0 aliphatic rings. The Bertz CT molecular complexity index is 717. The number of thiophene rings is 1. The molecule has 2 rings (SSSR count). The SMILES string of the molecule is Cc1cccc(OCCNC(=O)C(C)NC(=O)c2ccc(Br)s2)c1. The maximum absolute atomic E-state index is 12.0. The van der Waals surface area contributed by atoms with Gasteiger partial charge in [-0.1, -0.05) is 12.1 Å². The Morgan fingerprint density at radius 3 is 2.75 bits per heavy atom. The van der Waals surface area contributed by atoms with Gasteiger partial charge >= 0.3 is 0 Å². The number of carbonyl (C=O) groups excluding carboxylic acids is 2. The lowest BCUT2D eigenvalue weighted by Gasteiger charge is -2.14. The lowest BCUT2D eigenvalue weighted by atomic mass is 10.2. The Hall–Kier alpha value is -1.86. The van der Waals surface area contributed by atoms with Crippen molar-refractivity contribution in [1.82, 2.24) is 10.6 Å². The second-order valence-electron chi connectivity index (χ2n) is 5.25. The average molecular weight is 411 g/mol. The summed E-state index contributed by atoms with van der Waals surface area (Å²) < 4.78 is 6.44. The van der Waals surface area contributed by atoms with Crippen molar-refractivity contribution >= 4 is 39.1 Å². The normalized spacial score (nSPS) is 11.6. The molecule has 0 fully saturated rings. The Balaban J connectivity index is 1.70. The van der Waals surface area contributed by atoms with Crippen molar-refractivity contribution in [2.24, 2.45) is 0 Å². The molecule has 1 unspecified atom stereocenters. The van der Waals surface area contributed by atoms with E-state index in [4.69, 9.17) is 4.74 Å². The Morgan fingerprint density at radius 2 is 2.08 bits per heavy atom. The fraction of sp³-hybridized carbons (Fsp3) is 0.294. The molecule has 2 aromatic rings. The van der Waals surface area contributed by atoms with E-state index in [0.29, 0.717) is 18.0 Å². The Morgan fingerprint density at radius 1 is 1.29 bits per heavy atom. The van der Waals surface area contributed by atoms with E-state index in [2.05, 4.69) is 26.6 Å². The third-order valence-electron chi connectivity index (χ3n) is 3.20. The summed E-state index contributed by atoms with van der Waals surface area (Å²) in [5.41, 5.74) is 1.12. The fourth-order valence-corrected chi connectivity index (χ4v) is 3.26. The molecule has 1 aromatic carbocycles. The van der Waals surface area contributed by atoms with Crippen LogP contribution in [0.3, 0.4) is 0 Å². The van der Waals surface area contributed by atoms with Crippen LogP contribution in [0.4, 0.5) is 0 Å². The lowest BCUT2D eigenvalue weighted by molar-refractivity contribution is -0.122. The van der Waals surface area contributed by atoms with E-state index in [1.807, 2.05) is 31.2 Å². The highest BCUT2D eigenvalue weighted by atomic mass is 79.9. The van der Waals surface area contributed by atoms with Crippen molar-refractivity contribution in [2.45, 2.75) is 19.9 Å². The zero-order valence-corrected chi connectivity index (χ0v) is 15.9. The number of amides is 2. The van der Waals surface area contributed by atoms with E-state index < -0.39 is 6.04 Å². The fourth-order valence-electron chi connectivity index (χ4n) is 1.97. The van der Waals surface area contributed by atoms with Gasteiger partial charge in [-0.2, -0.15) is 0 Å². The van der Waals surface area contributed by atoms with Crippen LogP contribution in [0.2, 0.25) is 0 Å². The van der Waals surface area contributed by atoms with Crippen molar-refractivity contribution < 1.29 is 14.3 Å². The monoisotopic (exact) mass is 410 g/mol. The van der Waals surface area contributed by atoms with Gasteiger partial charge in [0.05, 0.1) is 15.2 Å². The van der Waals surface area contributed by atoms with Gasteiger partial charge in [-0.15, -0.1) is 11.3 Å². The molecule has 1 aromatic heterocycles. The highest BCUT2D eigenvalue weighted by Gasteiger charge is 2.17. The maximum atomic E-state index is 12.0. The summed E-state index contributed by atoms with van der Waals surface area (Å²) in [5, 5.41) is 5.42. The van der Waals surface area contributed by atoms with Gasteiger partial charge in [-0.25, -0.2) is 0 Å². The topological polar surface area (TPSA) is 67.4 Å². The average Bonchev–Trinajstić information content (AvgIpc) is 2.98. The summed E-state index contributed by atoms with van der Waals surface area (Å²) in [6, 6.07) is 10.6. The molecule has 7 heteroatoms. The van der Waals surface area contributed by atoms with Gasteiger partial charge in [-0.05, 0) is 59.6 Å². The van der Waals surface area contributed by atoms with E-state index in [-0.39, 0.29) is 11.8 Å². The Kier molecular flexibility index (Phi) is 6.81. The molecule has 1 heterocycles. The van der Waals surface area contributed by atoms with E-state index in [1.165, 1.54) is 11.3 Å². The quantitative estimate of drug-likeness (QED) is 0.688. The van der Waals surface area contributed by atoms with Gasteiger partial charge in [0.1, 0.15) is 18.4 Å². The molecule has 1 atom stereocenters. The molecule has 0 saturated heterocycles. The van der Waals surface area contributed by atoms with Gasteiger partial charge in [0.2, 0.25) is 5.91 Å². The molecule has 5 nitrogen and oxygen atoms in total. The molecule has 0 spiro atoms. The molecular weight excluding hydrogens is 392 g/mol. The van der Waals surface area contributed by atoms with Crippen LogP contribution in [0.15, 0.2) is 40.2 Å². The smallest absolute Gasteiger partial charge is 0.262 e. The highest BCUT2D eigenvalue weighted by molar-refractivity contribution is 9.11. The number of nitrogens with one attached hydrogen (secondary N) is 2. The third kappa shape index (κ3) is 5.65. The summed E-state index contributed by atoms with van der Waals surface area (Å²) in [5.74, 6) is 0.269. The van der Waals surface area contributed by atoms with Crippen LogP contribution < -0.4 is 15.4 Å². The second kappa shape index (κ2) is 8.84. The number of hydrogen-bond donors (Lipinski definition) is 2. The van der Waals surface area contributed by atoms with Gasteiger partial charge in [-0.3, -0.25) is 9.59 Å². The van der Waals surface area contributed by atoms with Gasteiger partial charge in [0.15, 0.2) is 0 Å².